The van der Waals surface area contributed by atoms with Crippen molar-refractivity contribution < 1.29 is 27.2 Å². The van der Waals surface area contributed by atoms with Crippen LogP contribution in [0.2, 0.25) is 0 Å². The molecule has 2 aromatic carbocycles. The molecule has 3 heterocycles. The molecule has 0 saturated carbocycles. The average Bonchev–Trinajstić information content (AvgIpc) is 3.04. The highest BCUT2D eigenvalue weighted by Gasteiger charge is 2.33. The Morgan fingerprint density at radius 3 is 2.44 bits per heavy atom. The number of aromatic nitrogens is 3. The van der Waals surface area contributed by atoms with Crippen molar-refractivity contribution in [1.29, 1.82) is 0 Å². The Bertz CT molecular complexity index is 1730. The normalized spacial score (nSPS) is 14.1. The van der Waals surface area contributed by atoms with E-state index < -0.39 is 23.6 Å². The number of alkyl halides is 3. The van der Waals surface area contributed by atoms with Gasteiger partial charge in [0.15, 0.2) is 0 Å². The zero-order valence-corrected chi connectivity index (χ0v) is 24.4. The lowest BCUT2D eigenvalue weighted by Gasteiger charge is -2.35. The van der Waals surface area contributed by atoms with Crippen LogP contribution < -0.4 is 10.9 Å². The molecule has 0 radical (unpaired) electrons. The van der Waals surface area contributed by atoms with Crippen LogP contribution in [0.15, 0.2) is 65.6 Å². The molecule has 0 bridgehead atoms. The average molecular weight is 625 g/mol. The molecule has 45 heavy (non-hydrogen) atoms. The SMILES string of the molecule is O=C(NCCCCCN1CCN(C(=O)c2cc(Cc3n[nH]c(=O)c4ccccc34)ccc2F)CC1)c1ccnc(C(F)(F)F)c1. The van der Waals surface area contributed by atoms with Gasteiger partial charge in [0.25, 0.3) is 17.4 Å². The Morgan fingerprint density at radius 1 is 0.933 bits per heavy atom. The van der Waals surface area contributed by atoms with Crippen LogP contribution in [0.25, 0.3) is 10.8 Å². The van der Waals surface area contributed by atoms with Crippen LogP contribution in [0.5, 0.6) is 0 Å². The molecule has 1 fully saturated rings. The lowest BCUT2D eigenvalue weighted by atomic mass is 10.0. The van der Waals surface area contributed by atoms with E-state index in [0.29, 0.717) is 67.6 Å². The zero-order valence-electron chi connectivity index (χ0n) is 24.4. The summed E-state index contributed by atoms with van der Waals surface area (Å²) in [5, 5.41) is 10.5. The Hall–Kier alpha value is -4.65. The molecule has 236 valence electrons. The molecule has 9 nitrogen and oxygen atoms in total. The highest BCUT2D eigenvalue weighted by Crippen LogP contribution is 2.27. The van der Waals surface area contributed by atoms with E-state index >= 15 is 0 Å². The minimum absolute atomic E-state index is 0.00174. The predicted molar refractivity (Wildman–Crippen MR) is 159 cm³/mol. The number of halogens is 4. The monoisotopic (exact) mass is 624 g/mol. The van der Waals surface area contributed by atoms with E-state index in [1.54, 1.807) is 29.2 Å². The van der Waals surface area contributed by atoms with Crippen LogP contribution in [0.4, 0.5) is 17.6 Å². The number of nitrogens with zero attached hydrogens (tertiary/aromatic N) is 4. The van der Waals surface area contributed by atoms with Crippen LogP contribution in [-0.2, 0) is 12.6 Å². The maximum Gasteiger partial charge on any atom is 0.433 e. The molecule has 4 aromatic rings. The van der Waals surface area contributed by atoms with Crippen molar-refractivity contribution in [1.82, 2.24) is 30.3 Å². The maximum atomic E-state index is 14.8. The number of aromatic amines is 1. The van der Waals surface area contributed by atoms with Crippen LogP contribution in [0, 0.1) is 5.82 Å². The molecular formula is C32H32F4N6O3. The molecule has 0 aliphatic carbocycles. The Kier molecular flexibility index (Phi) is 9.87. The number of nitrogens with one attached hydrogen (secondary N) is 2. The van der Waals surface area contributed by atoms with Crippen LogP contribution in [-0.4, -0.2) is 76.1 Å². The zero-order chi connectivity index (χ0) is 32.0. The van der Waals surface area contributed by atoms with Crippen molar-refractivity contribution in [3.05, 3.63) is 105 Å². The van der Waals surface area contributed by atoms with Gasteiger partial charge in [0.1, 0.15) is 11.5 Å². The van der Waals surface area contributed by atoms with Gasteiger partial charge in [-0.3, -0.25) is 24.3 Å². The number of piperazine rings is 1. The number of H-pyrrole nitrogens is 1. The van der Waals surface area contributed by atoms with Gasteiger partial charge in [0.2, 0.25) is 0 Å². The van der Waals surface area contributed by atoms with Gasteiger partial charge in [-0.05, 0) is 55.3 Å². The summed E-state index contributed by atoms with van der Waals surface area (Å²) in [6.07, 6.45) is -1.01. The number of carbonyl (C=O) groups is 2. The summed E-state index contributed by atoms with van der Waals surface area (Å²) in [5.74, 6) is -1.55. The molecule has 0 atom stereocenters. The lowest BCUT2D eigenvalue weighted by Crippen LogP contribution is -2.49. The smallest absolute Gasteiger partial charge is 0.352 e. The number of amides is 2. The first kappa shape index (κ1) is 31.8. The predicted octanol–water partition coefficient (Wildman–Crippen LogP) is 4.42. The van der Waals surface area contributed by atoms with Crippen molar-refractivity contribution in [3.63, 3.8) is 0 Å². The summed E-state index contributed by atoms with van der Waals surface area (Å²) in [6, 6.07) is 13.5. The molecule has 2 aromatic heterocycles. The first-order chi connectivity index (χ1) is 21.6. The third kappa shape index (κ3) is 7.90. The van der Waals surface area contributed by atoms with Gasteiger partial charge in [-0.1, -0.05) is 30.7 Å². The van der Waals surface area contributed by atoms with Crippen LogP contribution >= 0.6 is 0 Å². The van der Waals surface area contributed by atoms with Gasteiger partial charge < -0.3 is 10.2 Å². The molecule has 0 unspecified atom stereocenters. The number of carbonyl (C=O) groups excluding carboxylic acids is 2. The molecule has 1 aliphatic heterocycles. The third-order valence-electron chi connectivity index (χ3n) is 7.82. The quantitative estimate of drug-likeness (QED) is 0.200. The van der Waals surface area contributed by atoms with Gasteiger partial charge in [-0.2, -0.15) is 18.3 Å². The summed E-state index contributed by atoms with van der Waals surface area (Å²) in [4.78, 5) is 44.7. The number of pyridine rings is 1. The summed E-state index contributed by atoms with van der Waals surface area (Å²) in [7, 11) is 0. The highest BCUT2D eigenvalue weighted by molar-refractivity contribution is 5.95. The first-order valence-corrected chi connectivity index (χ1v) is 14.7. The fourth-order valence-corrected chi connectivity index (χ4v) is 5.36. The highest BCUT2D eigenvalue weighted by atomic mass is 19.4. The fraction of sp³-hybridized carbons (Fsp3) is 0.344. The van der Waals surface area contributed by atoms with E-state index in [0.717, 1.165) is 31.6 Å². The molecule has 1 saturated heterocycles. The van der Waals surface area contributed by atoms with Crippen LogP contribution in [0.1, 0.15) is 56.9 Å². The van der Waals surface area contributed by atoms with E-state index in [1.807, 2.05) is 12.1 Å². The second kappa shape index (κ2) is 14.0. The second-order valence-corrected chi connectivity index (χ2v) is 10.9. The third-order valence-corrected chi connectivity index (χ3v) is 7.82. The molecule has 1 aliphatic rings. The van der Waals surface area contributed by atoms with E-state index in [-0.39, 0.29) is 22.6 Å². The van der Waals surface area contributed by atoms with Crippen molar-refractivity contribution >= 4 is 22.6 Å². The van der Waals surface area contributed by atoms with Crippen molar-refractivity contribution in [2.45, 2.75) is 31.9 Å². The van der Waals surface area contributed by atoms with E-state index in [1.165, 1.54) is 12.1 Å². The van der Waals surface area contributed by atoms with Crippen LogP contribution in [0.3, 0.4) is 0 Å². The molecule has 0 spiro atoms. The van der Waals surface area contributed by atoms with Crippen molar-refractivity contribution in [2.24, 2.45) is 0 Å². The number of unbranched alkanes of at least 4 members (excludes halogenated alkanes) is 2. The summed E-state index contributed by atoms with van der Waals surface area (Å²) >= 11 is 0. The van der Waals surface area contributed by atoms with Gasteiger partial charge in [-0.15, -0.1) is 0 Å². The topological polar surface area (TPSA) is 111 Å². The molecule has 2 N–H and O–H groups in total. The number of hydrogen-bond acceptors (Lipinski definition) is 6. The van der Waals surface area contributed by atoms with Crippen molar-refractivity contribution in [2.75, 3.05) is 39.3 Å². The van der Waals surface area contributed by atoms with E-state index in [2.05, 4.69) is 25.4 Å². The second-order valence-electron chi connectivity index (χ2n) is 10.9. The first-order valence-electron chi connectivity index (χ1n) is 14.7. The number of benzene rings is 2. The standard InChI is InChI=1S/C32H32F4N6O3/c33-26-9-8-21(19-27-23-6-2-3-7-24(23)30(44)40-39-27)18-25(26)31(45)42-16-14-41(15-17-42)13-5-1-4-11-38-29(43)22-10-12-37-28(20-22)32(34,35)36/h2-3,6-10,12,18,20H,1,4-5,11,13-17,19H2,(H,38,43)(H,40,44). The Balaban J connectivity index is 1.06. The van der Waals surface area contributed by atoms with Gasteiger partial charge in [0, 0.05) is 56.3 Å². The molecule has 2 amide bonds. The number of rotatable bonds is 10. The van der Waals surface area contributed by atoms with Gasteiger partial charge in [0.05, 0.1) is 16.6 Å². The Morgan fingerprint density at radius 2 is 1.69 bits per heavy atom. The van der Waals surface area contributed by atoms with E-state index in [9.17, 15) is 31.9 Å². The molecule has 5 rings (SSSR count). The number of hydrogen-bond donors (Lipinski definition) is 2. The summed E-state index contributed by atoms with van der Waals surface area (Å²) in [6.45, 7) is 3.32. The molecule has 13 heteroatoms. The largest absolute Gasteiger partial charge is 0.433 e. The summed E-state index contributed by atoms with van der Waals surface area (Å²) < 4.78 is 53.2. The molecular weight excluding hydrogens is 592 g/mol. The van der Waals surface area contributed by atoms with Gasteiger partial charge in [-0.25, -0.2) is 9.49 Å². The maximum absolute atomic E-state index is 14.8. The lowest BCUT2D eigenvalue weighted by molar-refractivity contribution is -0.141. The summed E-state index contributed by atoms with van der Waals surface area (Å²) in [5.41, 5.74) is -0.161. The number of fused-ring (bicyclic) bond motifs is 1. The van der Waals surface area contributed by atoms with Gasteiger partial charge >= 0.3 is 6.18 Å². The fourth-order valence-electron chi connectivity index (χ4n) is 5.36. The Labute approximate surface area is 256 Å². The van der Waals surface area contributed by atoms with Crippen molar-refractivity contribution in [3.8, 4) is 0 Å². The minimum atomic E-state index is -4.61. The minimum Gasteiger partial charge on any atom is -0.352 e. The van der Waals surface area contributed by atoms with E-state index in [4.69, 9.17) is 0 Å².